The van der Waals surface area contributed by atoms with E-state index in [0.717, 1.165) is 0 Å². The summed E-state index contributed by atoms with van der Waals surface area (Å²) in [6, 6.07) is 0. The number of rotatable bonds is 6. The minimum Gasteiger partial charge on any atom is -0.410 e. The van der Waals surface area contributed by atoms with Crippen molar-refractivity contribution in [3.05, 3.63) is 0 Å². The summed E-state index contributed by atoms with van der Waals surface area (Å²) >= 11 is 0. The fourth-order valence-corrected chi connectivity index (χ4v) is 21.1. The normalized spacial score (nSPS) is 24.9. The molecule has 0 aromatic heterocycles. The standard InChI is InChI=1S/C4H18O19Si12/c1-24(5)11-28(6)14-26(3)16-33-17-27(4)15-31(9)19-34-21-32(10)18-29(7)12-25(2)13-30(8)20-35(22-33)23-34/h5-10H,1-4H3. The molecule has 0 atom stereocenters. The Morgan fingerprint density at radius 1 is 0.571 bits per heavy atom. The van der Waals surface area contributed by atoms with Crippen LogP contribution in [0.4, 0.5) is 0 Å². The van der Waals surface area contributed by atoms with Gasteiger partial charge in [0.2, 0.25) is 0 Å². The Kier molecular flexibility index (Phi) is 15.9. The van der Waals surface area contributed by atoms with Crippen LogP contribution in [-0.2, 0) is 53.5 Å². The summed E-state index contributed by atoms with van der Waals surface area (Å²) in [5.74, 6) is 0. The molecule has 2 heterocycles. The van der Waals surface area contributed by atoms with Crippen molar-refractivity contribution < 1.29 is 82.3 Å². The third-order valence-corrected chi connectivity index (χ3v) is 23.7. The molecule has 2 rings (SSSR count). The Balaban J connectivity index is 2.17. The SMILES string of the molecule is C[Si](O)O[Si](O)O[Si](C)O[Si]1O[Si](C)O[Si](O)O[Si]2O[Si](O)O[Si](O)O[Si](C)O[Si](O)O[Si](O1)O2. The average Bonchev–Trinajstić information content (AvgIpc) is 2.64. The number of hydrogen-bond donors (Lipinski definition) is 6. The highest BCUT2D eigenvalue weighted by Crippen LogP contribution is 2.13. The van der Waals surface area contributed by atoms with Crippen LogP contribution in [0.25, 0.3) is 0 Å². The van der Waals surface area contributed by atoms with E-state index in [4.69, 9.17) is 53.5 Å². The van der Waals surface area contributed by atoms with Crippen LogP contribution in [-0.4, -0.2) is 142 Å². The predicted octanol–water partition coefficient (Wildman–Crippen LogP) is -6.47. The third kappa shape index (κ3) is 14.2. The van der Waals surface area contributed by atoms with Gasteiger partial charge in [0.15, 0.2) is 0 Å². The minimum atomic E-state index is -3.18. The number of hydrogen-bond acceptors (Lipinski definition) is 19. The van der Waals surface area contributed by atoms with Crippen molar-refractivity contribution in [1.82, 2.24) is 0 Å². The van der Waals surface area contributed by atoms with Crippen molar-refractivity contribution in [3.63, 3.8) is 0 Å². The van der Waals surface area contributed by atoms with E-state index in [1.54, 1.807) is 0 Å². The van der Waals surface area contributed by atoms with Crippen LogP contribution in [0, 0.1) is 0 Å². The van der Waals surface area contributed by atoms with E-state index < -0.39 is 113 Å². The number of fused-ring (bicyclic) bond motifs is 2. The first-order valence-corrected chi connectivity index (χ1v) is 25.9. The largest absolute Gasteiger partial charge is 0.558 e. The van der Waals surface area contributed by atoms with Crippen LogP contribution >= 0.6 is 0 Å². The van der Waals surface area contributed by atoms with Crippen LogP contribution < -0.4 is 0 Å². The highest BCUT2D eigenvalue weighted by Gasteiger charge is 2.47. The summed E-state index contributed by atoms with van der Waals surface area (Å²) in [5.41, 5.74) is 0. The molecule has 0 aliphatic carbocycles. The lowest BCUT2D eigenvalue weighted by molar-refractivity contribution is 0.127. The molecule has 0 saturated carbocycles. The fourth-order valence-electron chi connectivity index (χ4n) is 1.63. The molecular weight excluding hydrogens is 689 g/mol. The predicted molar refractivity (Wildman–Crippen MR) is 120 cm³/mol. The van der Waals surface area contributed by atoms with E-state index in [-0.39, 0.29) is 0 Å². The van der Waals surface area contributed by atoms with Gasteiger partial charge in [-0.2, -0.15) is 0 Å². The van der Waals surface area contributed by atoms with Crippen molar-refractivity contribution in [2.24, 2.45) is 0 Å². The molecule has 0 aromatic carbocycles. The van der Waals surface area contributed by atoms with Crippen LogP contribution in [0.2, 0.25) is 26.2 Å². The van der Waals surface area contributed by atoms with Gasteiger partial charge in [-0.1, -0.05) is 0 Å². The van der Waals surface area contributed by atoms with Gasteiger partial charge in [-0.3, -0.25) is 0 Å². The molecule has 35 heavy (non-hydrogen) atoms. The molecule has 0 unspecified atom stereocenters. The highest BCUT2D eigenvalue weighted by atomic mass is 28.5. The van der Waals surface area contributed by atoms with Crippen LogP contribution in [0.15, 0.2) is 0 Å². The Labute approximate surface area is 221 Å². The summed E-state index contributed by atoms with van der Waals surface area (Å²) < 4.78 is 68.6. The van der Waals surface area contributed by atoms with E-state index in [2.05, 4.69) is 0 Å². The lowest BCUT2D eigenvalue weighted by Gasteiger charge is -2.29. The lowest BCUT2D eigenvalue weighted by Crippen LogP contribution is -2.55. The summed E-state index contributed by atoms with van der Waals surface area (Å²) in [6.07, 6.45) is 0. The van der Waals surface area contributed by atoms with Crippen LogP contribution in [0.1, 0.15) is 0 Å². The molecule has 0 spiro atoms. The average molecular weight is 707 g/mol. The molecule has 31 heteroatoms. The van der Waals surface area contributed by atoms with Crippen LogP contribution in [0.3, 0.4) is 0 Å². The van der Waals surface area contributed by atoms with Gasteiger partial charge in [0.1, 0.15) is 0 Å². The molecule has 19 nitrogen and oxygen atoms in total. The van der Waals surface area contributed by atoms with Gasteiger partial charge >= 0.3 is 113 Å². The van der Waals surface area contributed by atoms with Gasteiger partial charge in [-0.05, 0) is 26.2 Å². The molecule has 6 N–H and O–H groups in total. The van der Waals surface area contributed by atoms with Crippen molar-refractivity contribution in [1.29, 1.82) is 0 Å². The fraction of sp³-hybridized carbons (Fsp3) is 1.00. The van der Waals surface area contributed by atoms with Gasteiger partial charge in [0.05, 0.1) is 0 Å². The van der Waals surface area contributed by atoms with Crippen LogP contribution in [0.5, 0.6) is 0 Å². The van der Waals surface area contributed by atoms with Gasteiger partial charge < -0.3 is 82.3 Å². The van der Waals surface area contributed by atoms with Gasteiger partial charge in [0, 0.05) is 0 Å². The van der Waals surface area contributed by atoms with Gasteiger partial charge in [-0.15, -0.1) is 0 Å². The monoisotopic (exact) mass is 706 g/mol. The third-order valence-electron chi connectivity index (χ3n) is 2.63. The second-order valence-electron chi connectivity index (χ2n) is 5.40. The van der Waals surface area contributed by atoms with Crippen molar-refractivity contribution in [2.75, 3.05) is 0 Å². The van der Waals surface area contributed by atoms with E-state index >= 15 is 0 Å². The zero-order chi connectivity index (χ0) is 26.1. The second-order valence-corrected chi connectivity index (χ2v) is 24.2. The topological polar surface area (TPSA) is 241 Å². The first kappa shape index (κ1) is 33.1. The first-order valence-electron chi connectivity index (χ1n) is 8.65. The van der Waals surface area contributed by atoms with Crippen molar-refractivity contribution in [2.45, 2.75) is 26.2 Å². The maximum Gasteiger partial charge on any atom is 0.558 e. The Morgan fingerprint density at radius 3 is 1.57 bits per heavy atom. The quantitative estimate of drug-likeness (QED) is 0.141. The summed E-state index contributed by atoms with van der Waals surface area (Å²) in [7, 11) is -33.0. The molecule has 196 valence electrons. The molecule has 2 aliphatic rings. The highest BCUT2D eigenvalue weighted by molar-refractivity contribution is 6.74. The molecular formula is C4H18O19Si12. The Hall–Kier alpha value is 1.84. The minimum absolute atomic E-state index is 1.39. The molecule has 0 aromatic rings. The summed E-state index contributed by atoms with van der Waals surface area (Å²) in [4.78, 5) is 59.2. The molecule has 2 bridgehead atoms. The molecule has 0 amide bonds. The smallest absolute Gasteiger partial charge is 0.410 e. The molecule has 2 saturated heterocycles. The zero-order valence-electron chi connectivity index (χ0n) is 18.0. The maximum atomic E-state index is 10.2. The Morgan fingerprint density at radius 2 is 1.03 bits per heavy atom. The van der Waals surface area contributed by atoms with Gasteiger partial charge in [-0.25, -0.2) is 0 Å². The van der Waals surface area contributed by atoms with Gasteiger partial charge in [0.25, 0.3) is 0 Å². The van der Waals surface area contributed by atoms with Crippen molar-refractivity contribution in [3.8, 4) is 0 Å². The molecule has 2 fully saturated rings. The summed E-state index contributed by atoms with van der Waals surface area (Å²) in [6.45, 7) is 5.80. The van der Waals surface area contributed by atoms with E-state index in [1.165, 1.54) is 26.2 Å². The van der Waals surface area contributed by atoms with E-state index in [0.29, 0.717) is 0 Å². The maximum absolute atomic E-state index is 10.2. The zero-order valence-corrected chi connectivity index (χ0v) is 30.0. The van der Waals surface area contributed by atoms with E-state index in [1.807, 2.05) is 0 Å². The second kappa shape index (κ2) is 16.8. The van der Waals surface area contributed by atoms with Crippen molar-refractivity contribution >= 4 is 113 Å². The van der Waals surface area contributed by atoms with E-state index in [9.17, 15) is 28.8 Å². The molecule has 12 radical (unpaired) electrons. The summed E-state index contributed by atoms with van der Waals surface area (Å²) in [5, 5.41) is 0. The Bertz CT molecular complexity index is 596. The lowest BCUT2D eigenvalue weighted by atomic mass is 11.9. The molecule has 2 aliphatic heterocycles. The first-order chi connectivity index (χ1) is 16.4.